The van der Waals surface area contributed by atoms with Crippen molar-refractivity contribution in [3.63, 3.8) is 0 Å². The van der Waals surface area contributed by atoms with Crippen LogP contribution >= 0.6 is 15.9 Å². The zero-order valence-electron chi connectivity index (χ0n) is 18.1. The molecule has 0 bridgehead atoms. The summed E-state index contributed by atoms with van der Waals surface area (Å²) < 4.78 is 13.4. The van der Waals surface area contributed by atoms with Crippen molar-refractivity contribution >= 4 is 21.8 Å². The lowest BCUT2D eigenvalue weighted by Crippen LogP contribution is -2.26. The topological polar surface area (TPSA) is 56.6 Å². The largest absolute Gasteiger partial charge is 0.495 e. The Morgan fingerprint density at radius 3 is 2.27 bits per heavy atom. The van der Waals surface area contributed by atoms with E-state index in [0.717, 1.165) is 28.2 Å². The minimum absolute atomic E-state index is 0.124. The lowest BCUT2D eigenvalue weighted by atomic mass is 10.1. The van der Waals surface area contributed by atoms with Gasteiger partial charge in [0.05, 0.1) is 25.6 Å². The maximum Gasteiger partial charge on any atom is 0.254 e. The van der Waals surface area contributed by atoms with E-state index in [4.69, 9.17) is 14.6 Å². The van der Waals surface area contributed by atoms with Crippen LogP contribution in [0.15, 0.2) is 40.9 Å². The first-order chi connectivity index (χ1) is 14.3. The van der Waals surface area contributed by atoms with E-state index in [1.54, 1.807) is 38.3 Å². The van der Waals surface area contributed by atoms with Crippen LogP contribution in [0.25, 0.3) is 5.69 Å². The number of hydrogen-bond acceptors (Lipinski definition) is 4. The molecule has 0 saturated heterocycles. The number of amides is 1. The summed E-state index contributed by atoms with van der Waals surface area (Å²) in [5, 5.41) is 4.73. The van der Waals surface area contributed by atoms with Gasteiger partial charge in [0.2, 0.25) is 0 Å². The van der Waals surface area contributed by atoms with Crippen LogP contribution in [0.2, 0.25) is 0 Å². The average molecular weight is 472 g/mol. The second-order valence-electron chi connectivity index (χ2n) is 7.20. The molecular formula is C23H26BrN3O3. The molecule has 0 spiro atoms. The van der Waals surface area contributed by atoms with Crippen LogP contribution in [0, 0.1) is 20.8 Å². The summed E-state index contributed by atoms with van der Waals surface area (Å²) in [6.45, 7) is 6.52. The fourth-order valence-electron chi connectivity index (χ4n) is 3.46. The zero-order valence-corrected chi connectivity index (χ0v) is 19.7. The molecule has 1 heterocycles. The van der Waals surface area contributed by atoms with E-state index in [2.05, 4.69) is 28.9 Å². The highest BCUT2D eigenvalue weighted by molar-refractivity contribution is 9.10. The first kappa shape index (κ1) is 21.9. The van der Waals surface area contributed by atoms with E-state index in [-0.39, 0.29) is 5.91 Å². The standard InChI is InChI=1S/C23H26BrN3O3/c1-14-9-7-8-10-19(14)27-16(3)18(15(2)25-27)13-26(4)23(28)17-11-20(29-5)22(24)21(12-17)30-6/h7-12H,13H2,1-6H3. The molecule has 6 nitrogen and oxygen atoms in total. The van der Waals surface area contributed by atoms with E-state index in [9.17, 15) is 4.79 Å². The Bertz CT molecular complexity index is 1070. The van der Waals surface area contributed by atoms with Crippen molar-refractivity contribution < 1.29 is 14.3 Å². The number of nitrogens with zero attached hydrogens (tertiary/aromatic N) is 3. The SMILES string of the molecule is COc1cc(C(=O)N(C)Cc2c(C)nn(-c3ccccc3C)c2C)cc(OC)c1Br. The van der Waals surface area contributed by atoms with Gasteiger partial charge in [-0.2, -0.15) is 5.10 Å². The number of carbonyl (C=O) groups is 1. The maximum absolute atomic E-state index is 13.1. The van der Waals surface area contributed by atoms with E-state index >= 15 is 0 Å². The molecule has 3 rings (SSSR count). The molecule has 0 atom stereocenters. The molecule has 3 aromatic rings. The molecule has 0 aliphatic carbocycles. The van der Waals surface area contributed by atoms with Gasteiger partial charge >= 0.3 is 0 Å². The van der Waals surface area contributed by atoms with Gasteiger partial charge in [-0.1, -0.05) is 18.2 Å². The summed E-state index contributed by atoms with van der Waals surface area (Å²) >= 11 is 3.44. The summed E-state index contributed by atoms with van der Waals surface area (Å²) in [6.07, 6.45) is 0. The van der Waals surface area contributed by atoms with Gasteiger partial charge in [0.1, 0.15) is 16.0 Å². The maximum atomic E-state index is 13.1. The first-order valence-electron chi connectivity index (χ1n) is 9.56. The molecule has 2 aromatic carbocycles. The van der Waals surface area contributed by atoms with Gasteiger partial charge < -0.3 is 14.4 Å². The third kappa shape index (κ3) is 4.07. The molecule has 158 valence electrons. The van der Waals surface area contributed by atoms with E-state index in [1.165, 1.54) is 0 Å². The third-order valence-corrected chi connectivity index (χ3v) is 6.00. The van der Waals surface area contributed by atoms with Crippen molar-refractivity contribution in [3.05, 3.63) is 68.9 Å². The third-order valence-electron chi connectivity index (χ3n) is 5.22. The zero-order chi connectivity index (χ0) is 22.0. The van der Waals surface area contributed by atoms with E-state index in [0.29, 0.717) is 28.1 Å². The number of aryl methyl sites for hydroxylation is 2. The Hall–Kier alpha value is -2.80. The molecule has 0 unspecified atom stereocenters. The highest BCUT2D eigenvalue weighted by atomic mass is 79.9. The normalized spacial score (nSPS) is 10.8. The minimum atomic E-state index is -0.124. The van der Waals surface area contributed by atoms with Crippen molar-refractivity contribution in [3.8, 4) is 17.2 Å². The average Bonchev–Trinajstić information content (AvgIpc) is 3.01. The Labute approximate surface area is 185 Å². The van der Waals surface area contributed by atoms with Gasteiger partial charge in [-0.3, -0.25) is 4.79 Å². The predicted octanol–water partition coefficient (Wildman–Crippen LogP) is 4.85. The quantitative estimate of drug-likeness (QED) is 0.515. The number of hydrogen-bond donors (Lipinski definition) is 0. The fraction of sp³-hybridized carbons (Fsp3) is 0.304. The van der Waals surface area contributed by atoms with Crippen LogP contribution in [-0.2, 0) is 6.54 Å². The molecule has 0 saturated carbocycles. The van der Waals surface area contributed by atoms with Gasteiger partial charge in [-0.25, -0.2) is 4.68 Å². The summed E-state index contributed by atoms with van der Waals surface area (Å²) in [5.41, 5.74) is 5.64. The van der Waals surface area contributed by atoms with Crippen LogP contribution in [0.1, 0.15) is 32.9 Å². The number of carbonyl (C=O) groups excluding carboxylic acids is 1. The summed E-state index contributed by atoms with van der Waals surface area (Å²) in [4.78, 5) is 14.8. The Balaban J connectivity index is 1.91. The van der Waals surface area contributed by atoms with E-state index < -0.39 is 0 Å². The van der Waals surface area contributed by atoms with Gasteiger partial charge in [-0.15, -0.1) is 0 Å². The van der Waals surface area contributed by atoms with Gasteiger partial charge in [-0.05, 0) is 60.5 Å². The van der Waals surface area contributed by atoms with Crippen molar-refractivity contribution in [2.75, 3.05) is 21.3 Å². The lowest BCUT2D eigenvalue weighted by Gasteiger charge is -2.19. The molecule has 1 aromatic heterocycles. The smallest absolute Gasteiger partial charge is 0.254 e. The van der Waals surface area contributed by atoms with Crippen LogP contribution in [0.5, 0.6) is 11.5 Å². The second kappa shape index (κ2) is 8.92. The van der Waals surface area contributed by atoms with Gasteiger partial charge in [0.15, 0.2) is 0 Å². The monoisotopic (exact) mass is 471 g/mol. The number of methoxy groups -OCH3 is 2. The van der Waals surface area contributed by atoms with Crippen LogP contribution in [0.4, 0.5) is 0 Å². The molecule has 0 N–H and O–H groups in total. The number of para-hydroxylation sites is 1. The summed E-state index contributed by atoms with van der Waals surface area (Å²) in [6, 6.07) is 11.5. The van der Waals surface area contributed by atoms with Crippen molar-refractivity contribution in [1.82, 2.24) is 14.7 Å². The molecule has 7 heteroatoms. The molecule has 30 heavy (non-hydrogen) atoms. The molecule has 0 aliphatic heterocycles. The van der Waals surface area contributed by atoms with Crippen LogP contribution in [0.3, 0.4) is 0 Å². The molecule has 0 fully saturated rings. The van der Waals surface area contributed by atoms with Crippen LogP contribution in [-0.4, -0.2) is 41.9 Å². The van der Waals surface area contributed by atoms with E-state index in [1.807, 2.05) is 36.7 Å². The molecule has 0 radical (unpaired) electrons. The number of ether oxygens (including phenoxy) is 2. The minimum Gasteiger partial charge on any atom is -0.495 e. The van der Waals surface area contributed by atoms with Gasteiger partial charge in [0, 0.05) is 30.4 Å². The number of benzene rings is 2. The molecule has 0 aliphatic rings. The highest BCUT2D eigenvalue weighted by Crippen LogP contribution is 2.36. The van der Waals surface area contributed by atoms with Crippen molar-refractivity contribution in [2.45, 2.75) is 27.3 Å². The Morgan fingerprint density at radius 1 is 1.10 bits per heavy atom. The lowest BCUT2D eigenvalue weighted by molar-refractivity contribution is 0.0784. The summed E-state index contributed by atoms with van der Waals surface area (Å²) in [5.74, 6) is 0.971. The second-order valence-corrected chi connectivity index (χ2v) is 8.00. The van der Waals surface area contributed by atoms with Crippen molar-refractivity contribution in [1.29, 1.82) is 0 Å². The number of aromatic nitrogens is 2. The number of halogens is 1. The number of rotatable bonds is 6. The first-order valence-corrected chi connectivity index (χ1v) is 10.4. The van der Waals surface area contributed by atoms with Crippen molar-refractivity contribution in [2.24, 2.45) is 0 Å². The Kier molecular flexibility index (Phi) is 6.51. The summed E-state index contributed by atoms with van der Waals surface area (Å²) in [7, 11) is 4.90. The fourth-order valence-corrected chi connectivity index (χ4v) is 4.01. The molecule has 1 amide bonds. The molecular weight excluding hydrogens is 446 g/mol. The highest BCUT2D eigenvalue weighted by Gasteiger charge is 2.21. The Morgan fingerprint density at radius 2 is 1.70 bits per heavy atom. The predicted molar refractivity (Wildman–Crippen MR) is 121 cm³/mol. The van der Waals surface area contributed by atoms with Crippen LogP contribution < -0.4 is 9.47 Å². The van der Waals surface area contributed by atoms with Gasteiger partial charge in [0.25, 0.3) is 5.91 Å².